The number of nitrogens with one attached hydrogen (secondary N) is 2. The predicted octanol–water partition coefficient (Wildman–Crippen LogP) is 0.412. The van der Waals surface area contributed by atoms with E-state index < -0.39 is 0 Å². The maximum Gasteiger partial charge on any atom is 0.242 e. The van der Waals surface area contributed by atoms with Gasteiger partial charge in [0, 0.05) is 45.3 Å². The van der Waals surface area contributed by atoms with Crippen molar-refractivity contribution in [3.63, 3.8) is 0 Å². The van der Waals surface area contributed by atoms with Gasteiger partial charge in [0.15, 0.2) is 0 Å². The zero-order valence-electron chi connectivity index (χ0n) is 14.7. The number of rotatable bonds is 5. The van der Waals surface area contributed by atoms with Crippen LogP contribution in [0.1, 0.15) is 12.0 Å². The molecule has 1 atom stereocenters. The Hall–Kier alpha value is -1.70. The van der Waals surface area contributed by atoms with Crippen molar-refractivity contribution in [2.24, 2.45) is 0 Å². The van der Waals surface area contributed by atoms with Gasteiger partial charge in [-0.3, -0.25) is 14.5 Å². The van der Waals surface area contributed by atoms with Crippen LogP contribution in [-0.2, 0) is 16.0 Å². The van der Waals surface area contributed by atoms with Gasteiger partial charge in [-0.25, -0.2) is 4.39 Å². The van der Waals surface area contributed by atoms with Gasteiger partial charge in [-0.1, -0.05) is 12.1 Å². The van der Waals surface area contributed by atoms with E-state index >= 15 is 0 Å². The highest BCUT2D eigenvalue weighted by Crippen LogP contribution is 2.16. The minimum Gasteiger partial charge on any atom is -0.347 e. The zero-order chi connectivity index (χ0) is 17.6. The molecule has 1 aromatic carbocycles. The fourth-order valence-corrected chi connectivity index (χ4v) is 3.49. The molecular weight excluding hydrogens is 359 g/mol. The summed E-state index contributed by atoms with van der Waals surface area (Å²) < 4.78 is 13.1. The molecule has 1 unspecified atom stereocenters. The highest BCUT2D eigenvalue weighted by Gasteiger charge is 2.30. The second-order valence-electron chi connectivity index (χ2n) is 6.65. The summed E-state index contributed by atoms with van der Waals surface area (Å²) in [6.45, 7) is 5.53. The Morgan fingerprint density at radius 1 is 1.23 bits per heavy atom. The van der Waals surface area contributed by atoms with Crippen molar-refractivity contribution in [3.05, 3.63) is 35.6 Å². The van der Waals surface area contributed by atoms with E-state index in [0.29, 0.717) is 11.6 Å². The minimum absolute atomic E-state index is 0. The van der Waals surface area contributed by atoms with Gasteiger partial charge in [-0.15, -0.1) is 12.4 Å². The molecule has 2 aliphatic heterocycles. The largest absolute Gasteiger partial charge is 0.347 e. The number of carbonyl (C=O) groups is 2. The fourth-order valence-electron chi connectivity index (χ4n) is 3.49. The molecule has 3 rings (SSSR count). The quantitative estimate of drug-likeness (QED) is 0.772. The number of nitrogens with zero attached hydrogens (tertiary/aromatic N) is 2. The van der Waals surface area contributed by atoms with E-state index in [1.807, 2.05) is 4.90 Å². The molecule has 2 amide bonds. The van der Waals surface area contributed by atoms with Crippen LogP contribution in [0.15, 0.2) is 24.3 Å². The molecule has 0 aliphatic carbocycles. The average molecular weight is 385 g/mol. The van der Waals surface area contributed by atoms with Crippen molar-refractivity contribution in [2.75, 3.05) is 45.8 Å². The minimum atomic E-state index is -0.364. The molecule has 0 bridgehead atoms. The lowest BCUT2D eigenvalue weighted by molar-refractivity contribution is -0.132. The Kier molecular flexibility index (Phi) is 7.81. The van der Waals surface area contributed by atoms with Gasteiger partial charge in [0.2, 0.25) is 11.8 Å². The second kappa shape index (κ2) is 9.85. The van der Waals surface area contributed by atoms with Crippen molar-refractivity contribution in [1.82, 2.24) is 20.4 Å². The third kappa shape index (κ3) is 5.65. The number of halogens is 2. The molecule has 2 aliphatic rings. The summed E-state index contributed by atoms with van der Waals surface area (Å²) >= 11 is 0. The van der Waals surface area contributed by atoms with Crippen molar-refractivity contribution >= 4 is 24.2 Å². The van der Waals surface area contributed by atoms with Crippen LogP contribution in [0.2, 0.25) is 0 Å². The van der Waals surface area contributed by atoms with Crippen molar-refractivity contribution < 1.29 is 14.0 Å². The average Bonchev–Trinajstić information content (AvgIpc) is 3.11. The summed E-state index contributed by atoms with van der Waals surface area (Å²) in [4.78, 5) is 28.5. The third-order valence-electron chi connectivity index (χ3n) is 4.87. The number of piperazine rings is 1. The van der Waals surface area contributed by atoms with Crippen LogP contribution < -0.4 is 10.6 Å². The molecule has 144 valence electrons. The summed E-state index contributed by atoms with van der Waals surface area (Å²) in [6.07, 6.45) is 1.07. The van der Waals surface area contributed by atoms with Gasteiger partial charge in [0.1, 0.15) is 5.82 Å². The fraction of sp³-hybridized carbons (Fsp3) is 0.556. The van der Waals surface area contributed by atoms with Crippen LogP contribution in [0.25, 0.3) is 0 Å². The van der Waals surface area contributed by atoms with Crippen LogP contribution in [0.3, 0.4) is 0 Å². The lowest BCUT2D eigenvalue weighted by Gasteiger charge is -2.32. The van der Waals surface area contributed by atoms with Crippen LogP contribution in [-0.4, -0.2) is 73.5 Å². The first kappa shape index (κ1) is 20.6. The first-order chi connectivity index (χ1) is 12.1. The van der Waals surface area contributed by atoms with E-state index in [1.165, 1.54) is 12.1 Å². The van der Waals surface area contributed by atoms with E-state index in [1.54, 1.807) is 12.1 Å². The smallest absolute Gasteiger partial charge is 0.242 e. The predicted molar refractivity (Wildman–Crippen MR) is 99.8 cm³/mol. The van der Waals surface area contributed by atoms with Gasteiger partial charge < -0.3 is 15.5 Å². The van der Waals surface area contributed by atoms with Crippen LogP contribution in [0.4, 0.5) is 4.39 Å². The van der Waals surface area contributed by atoms with Crippen LogP contribution in [0.5, 0.6) is 0 Å². The topological polar surface area (TPSA) is 64.7 Å². The summed E-state index contributed by atoms with van der Waals surface area (Å²) in [6, 6.07) is 6.37. The van der Waals surface area contributed by atoms with Crippen molar-refractivity contribution in [2.45, 2.75) is 18.9 Å². The lowest BCUT2D eigenvalue weighted by atomic mass is 10.1. The molecule has 0 aromatic heterocycles. The molecule has 6 nitrogen and oxygen atoms in total. The molecule has 2 N–H and O–H groups in total. The molecule has 2 heterocycles. The SMILES string of the molecule is Cl.O=C(Cc1cccc(F)c1)NCC(=O)N1CCC(N2CCNCC2)C1. The normalized spacial score (nSPS) is 20.5. The van der Waals surface area contributed by atoms with Gasteiger partial charge in [0.25, 0.3) is 0 Å². The van der Waals surface area contributed by atoms with E-state index in [0.717, 1.165) is 45.7 Å². The number of carbonyl (C=O) groups excluding carboxylic acids is 2. The third-order valence-corrected chi connectivity index (χ3v) is 4.87. The summed E-state index contributed by atoms with van der Waals surface area (Å²) in [5.41, 5.74) is 0.602. The summed E-state index contributed by atoms with van der Waals surface area (Å²) in [5.74, 6) is -0.681. The van der Waals surface area contributed by atoms with Gasteiger partial charge in [-0.05, 0) is 24.1 Å². The highest BCUT2D eigenvalue weighted by atomic mass is 35.5. The summed E-state index contributed by atoms with van der Waals surface area (Å²) in [7, 11) is 0. The van der Waals surface area contributed by atoms with E-state index in [-0.39, 0.29) is 43.0 Å². The van der Waals surface area contributed by atoms with E-state index in [4.69, 9.17) is 0 Å². The number of hydrogen-bond acceptors (Lipinski definition) is 4. The monoisotopic (exact) mass is 384 g/mol. The van der Waals surface area contributed by atoms with Gasteiger partial charge >= 0.3 is 0 Å². The molecule has 0 spiro atoms. The Labute approximate surface area is 159 Å². The second-order valence-corrected chi connectivity index (χ2v) is 6.65. The van der Waals surface area contributed by atoms with Gasteiger partial charge in [0.05, 0.1) is 13.0 Å². The number of hydrogen-bond donors (Lipinski definition) is 2. The molecule has 26 heavy (non-hydrogen) atoms. The Morgan fingerprint density at radius 3 is 2.73 bits per heavy atom. The maximum atomic E-state index is 13.1. The first-order valence-corrected chi connectivity index (χ1v) is 8.85. The van der Waals surface area contributed by atoms with Crippen molar-refractivity contribution in [1.29, 1.82) is 0 Å². The van der Waals surface area contributed by atoms with E-state index in [2.05, 4.69) is 15.5 Å². The number of likely N-dealkylation sites (tertiary alicyclic amines) is 1. The van der Waals surface area contributed by atoms with Crippen LogP contribution >= 0.6 is 12.4 Å². The molecule has 2 fully saturated rings. The Morgan fingerprint density at radius 2 is 2.00 bits per heavy atom. The molecule has 8 heteroatoms. The number of amides is 2. The molecule has 1 aromatic rings. The first-order valence-electron chi connectivity index (χ1n) is 8.85. The standard InChI is InChI=1S/C18H25FN4O2.ClH/c19-15-3-1-2-14(10-15)11-17(24)21-12-18(25)23-7-4-16(13-23)22-8-5-20-6-9-22;/h1-3,10,16,20H,4-9,11-13H2,(H,21,24);1H. The molecular formula is C18H26ClFN4O2. The molecule has 2 saturated heterocycles. The van der Waals surface area contributed by atoms with Crippen LogP contribution in [0, 0.1) is 5.82 Å². The lowest BCUT2D eigenvalue weighted by Crippen LogP contribution is -2.49. The van der Waals surface area contributed by atoms with Gasteiger partial charge in [-0.2, -0.15) is 0 Å². The zero-order valence-corrected chi connectivity index (χ0v) is 15.6. The number of benzene rings is 1. The Balaban J connectivity index is 0.00000243. The highest BCUT2D eigenvalue weighted by molar-refractivity contribution is 5.86. The van der Waals surface area contributed by atoms with Crippen molar-refractivity contribution in [3.8, 4) is 0 Å². The maximum absolute atomic E-state index is 13.1. The summed E-state index contributed by atoms with van der Waals surface area (Å²) in [5, 5.41) is 5.98. The molecule has 0 saturated carbocycles. The van der Waals surface area contributed by atoms with E-state index in [9.17, 15) is 14.0 Å². The molecule has 0 radical (unpaired) electrons. The Bertz CT molecular complexity index is 625.